The van der Waals surface area contributed by atoms with Crippen molar-refractivity contribution in [2.75, 3.05) is 19.7 Å². The van der Waals surface area contributed by atoms with Gasteiger partial charge in [0.1, 0.15) is 11.9 Å². The van der Waals surface area contributed by atoms with Gasteiger partial charge < -0.3 is 5.11 Å². The lowest BCUT2D eigenvalue weighted by molar-refractivity contribution is -0.147. The predicted molar refractivity (Wildman–Crippen MR) is 59.5 cm³/mol. The lowest BCUT2D eigenvalue weighted by Crippen LogP contribution is -2.35. The molecule has 0 aromatic heterocycles. The van der Waals surface area contributed by atoms with Crippen LogP contribution in [0.2, 0.25) is 0 Å². The fraction of sp³-hybridized carbons (Fsp3) is 0.417. The van der Waals surface area contributed by atoms with E-state index in [1.807, 2.05) is 0 Å². The number of hydrogen-bond acceptors (Lipinski definition) is 3. The van der Waals surface area contributed by atoms with Gasteiger partial charge in [0.25, 0.3) is 0 Å². The molecular weight excluding hydrogens is 264 g/mol. The van der Waals surface area contributed by atoms with Crippen LogP contribution in [0.15, 0.2) is 18.2 Å². The molecule has 0 unspecified atom stereocenters. The third-order valence-electron chi connectivity index (χ3n) is 2.38. The highest BCUT2D eigenvalue weighted by molar-refractivity contribution is 5.34. The molecule has 0 amide bonds. The second-order valence-electron chi connectivity index (χ2n) is 3.98. The van der Waals surface area contributed by atoms with Gasteiger partial charge in [0.15, 0.2) is 0 Å². The van der Waals surface area contributed by atoms with E-state index in [1.54, 1.807) is 6.07 Å². The topological polar surface area (TPSA) is 47.3 Å². The molecule has 0 fully saturated rings. The zero-order valence-electron chi connectivity index (χ0n) is 9.91. The number of benzene rings is 1. The number of alkyl halides is 3. The lowest BCUT2D eigenvalue weighted by Gasteiger charge is -2.22. The van der Waals surface area contributed by atoms with Gasteiger partial charge in [-0.2, -0.15) is 18.4 Å². The molecule has 0 aliphatic carbocycles. The molecule has 0 aliphatic heterocycles. The minimum atomic E-state index is -4.38. The average molecular weight is 276 g/mol. The zero-order chi connectivity index (χ0) is 14.5. The molecule has 0 spiro atoms. The van der Waals surface area contributed by atoms with Crippen LogP contribution in [0, 0.1) is 17.1 Å². The molecule has 1 N–H and O–H groups in total. The van der Waals surface area contributed by atoms with Gasteiger partial charge in [-0.3, -0.25) is 4.90 Å². The van der Waals surface area contributed by atoms with E-state index in [4.69, 9.17) is 10.4 Å². The lowest BCUT2D eigenvalue weighted by atomic mass is 10.1. The van der Waals surface area contributed by atoms with Crippen molar-refractivity contribution in [3.05, 3.63) is 35.1 Å². The normalized spacial score (nSPS) is 11.6. The standard InChI is InChI=1S/C12H12F4N2O/c13-11-2-1-9(5-10(11)6-17)7-18(3-4-19)8-12(14,15)16/h1-2,5,19H,3-4,7-8H2. The number of nitrogens with zero attached hydrogens (tertiary/aromatic N) is 2. The number of nitriles is 1. The molecule has 0 saturated heterocycles. The van der Waals surface area contributed by atoms with E-state index in [0.29, 0.717) is 5.56 Å². The first kappa shape index (κ1) is 15.4. The summed E-state index contributed by atoms with van der Waals surface area (Å²) in [6.07, 6.45) is -4.38. The Morgan fingerprint density at radius 1 is 1.32 bits per heavy atom. The smallest absolute Gasteiger partial charge is 0.395 e. The van der Waals surface area contributed by atoms with E-state index in [-0.39, 0.29) is 18.7 Å². The first-order valence-electron chi connectivity index (χ1n) is 5.44. The monoisotopic (exact) mass is 276 g/mol. The Balaban J connectivity index is 2.82. The molecule has 0 saturated carbocycles. The summed E-state index contributed by atoms with van der Waals surface area (Å²) in [5, 5.41) is 17.4. The average Bonchev–Trinajstić information content (AvgIpc) is 2.30. The molecular formula is C12H12F4N2O. The van der Waals surface area contributed by atoms with Crippen LogP contribution in [0.5, 0.6) is 0 Å². The minimum absolute atomic E-state index is 0.116. The van der Waals surface area contributed by atoms with Crippen molar-refractivity contribution < 1.29 is 22.7 Å². The summed E-state index contributed by atoms with van der Waals surface area (Å²) in [5.41, 5.74) is 0.170. The van der Waals surface area contributed by atoms with Crippen molar-refractivity contribution in [2.45, 2.75) is 12.7 Å². The first-order chi connectivity index (χ1) is 8.85. The molecule has 0 radical (unpaired) electrons. The molecule has 1 rings (SSSR count). The summed E-state index contributed by atoms with van der Waals surface area (Å²) < 4.78 is 50.0. The summed E-state index contributed by atoms with van der Waals surface area (Å²) >= 11 is 0. The fourth-order valence-electron chi connectivity index (χ4n) is 1.62. The zero-order valence-corrected chi connectivity index (χ0v) is 9.91. The van der Waals surface area contributed by atoms with Crippen molar-refractivity contribution in [3.63, 3.8) is 0 Å². The van der Waals surface area contributed by atoms with Gasteiger partial charge in [0.2, 0.25) is 0 Å². The van der Waals surface area contributed by atoms with Crippen molar-refractivity contribution in [1.29, 1.82) is 5.26 Å². The SMILES string of the molecule is N#Cc1cc(CN(CCO)CC(F)(F)F)ccc1F. The molecule has 19 heavy (non-hydrogen) atoms. The fourth-order valence-corrected chi connectivity index (χ4v) is 1.62. The van der Waals surface area contributed by atoms with Crippen LogP contribution in [-0.4, -0.2) is 35.9 Å². The van der Waals surface area contributed by atoms with Crippen LogP contribution in [0.25, 0.3) is 0 Å². The third-order valence-corrected chi connectivity index (χ3v) is 2.38. The molecule has 0 atom stereocenters. The van der Waals surface area contributed by atoms with Crippen LogP contribution in [-0.2, 0) is 6.54 Å². The first-order valence-corrected chi connectivity index (χ1v) is 5.44. The van der Waals surface area contributed by atoms with E-state index >= 15 is 0 Å². The van der Waals surface area contributed by atoms with Crippen LogP contribution >= 0.6 is 0 Å². The highest BCUT2D eigenvalue weighted by atomic mass is 19.4. The Hall–Kier alpha value is -1.65. The van der Waals surface area contributed by atoms with Crippen molar-refractivity contribution in [2.24, 2.45) is 0 Å². The summed E-state index contributed by atoms with van der Waals surface area (Å²) in [5.74, 6) is -0.712. The van der Waals surface area contributed by atoms with E-state index in [1.165, 1.54) is 12.1 Å². The number of aliphatic hydroxyl groups excluding tert-OH is 1. The molecule has 0 heterocycles. The quantitative estimate of drug-likeness (QED) is 0.837. The molecule has 104 valence electrons. The second-order valence-corrected chi connectivity index (χ2v) is 3.98. The van der Waals surface area contributed by atoms with Gasteiger partial charge in [-0.05, 0) is 17.7 Å². The highest BCUT2D eigenvalue weighted by Crippen LogP contribution is 2.18. The largest absolute Gasteiger partial charge is 0.401 e. The molecule has 0 bridgehead atoms. The van der Waals surface area contributed by atoms with Crippen LogP contribution in [0.1, 0.15) is 11.1 Å². The Bertz CT molecular complexity index is 468. The second kappa shape index (κ2) is 6.50. The number of aliphatic hydroxyl groups is 1. The van der Waals surface area contributed by atoms with Crippen LogP contribution < -0.4 is 0 Å². The highest BCUT2D eigenvalue weighted by Gasteiger charge is 2.30. The van der Waals surface area contributed by atoms with Gasteiger partial charge in [-0.1, -0.05) is 6.07 Å². The van der Waals surface area contributed by atoms with E-state index in [0.717, 1.165) is 11.0 Å². The van der Waals surface area contributed by atoms with Gasteiger partial charge in [0, 0.05) is 13.1 Å². The predicted octanol–water partition coefficient (Wildman–Crippen LogP) is 2.05. The van der Waals surface area contributed by atoms with Gasteiger partial charge in [-0.25, -0.2) is 4.39 Å². The van der Waals surface area contributed by atoms with Crippen LogP contribution in [0.4, 0.5) is 17.6 Å². The maximum Gasteiger partial charge on any atom is 0.401 e. The van der Waals surface area contributed by atoms with Gasteiger partial charge in [-0.15, -0.1) is 0 Å². The number of hydrogen-bond donors (Lipinski definition) is 1. The van der Waals surface area contributed by atoms with E-state index in [9.17, 15) is 17.6 Å². The summed E-state index contributed by atoms with van der Waals surface area (Å²) in [6, 6.07) is 5.19. The number of rotatable bonds is 5. The maximum atomic E-state index is 13.1. The summed E-state index contributed by atoms with van der Waals surface area (Å²) in [6.45, 7) is -1.86. The van der Waals surface area contributed by atoms with Crippen molar-refractivity contribution >= 4 is 0 Å². The number of halogens is 4. The Labute approximate surface area is 107 Å². The van der Waals surface area contributed by atoms with Crippen molar-refractivity contribution in [1.82, 2.24) is 4.90 Å². The van der Waals surface area contributed by atoms with E-state index in [2.05, 4.69) is 0 Å². The Morgan fingerprint density at radius 2 is 2.00 bits per heavy atom. The van der Waals surface area contributed by atoms with Gasteiger partial charge in [0.05, 0.1) is 18.7 Å². The molecule has 1 aromatic rings. The Morgan fingerprint density at radius 3 is 2.53 bits per heavy atom. The van der Waals surface area contributed by atoms with Crippen LogP contribution in [0.3, 0.4) is 0 Å². The molecule has 0 aliphatic rings. The molecule has 1 aromatic carbocycles. The van der Waals surface area contributed by atoms with Gasteiger partial charge >= 0.3 is 6.18 Å². The van der Waals surface area contributed by atoms with E-state index < -0.39 is 25.1 Å². The summed E-state index contributed by atoms with van der Waals surface area (Å²) in [4.78, 5) is 0.981. The molecule has 7 heteroatoms. The van der Waals surface area contributed by atoms with Crippen molar-refractivity contribution in [3.8, 4) is 6.07 Å². The molecule has 3 nitrogen and oxygen atoms in total. The Kier molecular flexibility index (Phi) is 5.27. The minimum Gasteiger partial charge on any atom is -0.395 e. The summed E-state index contributed by atoms with van der Waals surface area (Å²) in [7, 11) is 0. The third kappa shape index (κ3) is 5.24. The maximum absolute atomic E-state index is 13.1.